The first-order valence-corrected chi connectivity index (χ1v) is 12.7. The first kappa shape index (κ1) is 27.3. The van der Waals surface area contributed by atoms with Gasteiger partial charge in [-0.05, 0) is 44.0 Å². The Morgan fingerprint density at radius 2 is 1.51 bits per heavy atom. The van der Waals surface area contributed by atoms with Gasteiger partial charge >= 0.3 is 12.1 Å². The molecule has 0 saturated heterocycles. The number of carboxylic acid groups (broad SMARTS) is 1. The fourth-order valence-corrected chi connectivity index (χ4v) is 3.98. The van der Waals surface area contributed by atoms with Gasteiger partial charge in [-0.25, -0.2) is 19.6 Å². The number of nitrogens with one attached hydrogen (secondary N) is 1. The third-order valence-electron chi connectivity index (χ3n) is 5.84. The predicted molar refractivity (Wildman–Crippen MR) is 152 cm³/mol. The molecule has 4 aromatic rings. The molecule has 4 rings (SSSR count). The number of rotatable bonds is 9. The summed E-state index contributed by atoms with van der Waals surface area (Å²) in [6.45, 7) is 5.87. The van der Waals surface area contributed by atoms with E-state index in [1.807, 2.05) is 106 Å². The second-order valence-corrected chi connectivity index (χ2v) is 10.1. The molecule has 2 N–H and O–H groups in total. The molecule has 3 aromatic carbocycles. The SMILES string of the molecule is CC(C)(C)OC(=O)N(Cc1ccccc1)c1ccc(-c2cc(NC(Cc3ccccc3)C(=O)O)ncn2)cc1. The van der Waals surface area contributed by atoms with Crippen LogP contribution in [0.4, 0.5) is 16.3 Å². The maximum atomic E-state index is 13.1. The largest absolute Gasteiger partial charge is 0.480 e. The molecule has 0 aliphatic rings. The number of nitrogens with zero attached hydrogens (tertiary/aromatic N) is 3. The number of carboxylic acids is 1. The van der Waals surface area contributed by atoms with Crippen molar-refractivity contribution in [3.63, 3.8) is 0 Å². The summed E-state index contributed by atoms with van der Waals surface area (Å²) in [4.78, 5) is 35.2. The lowest BCUT2D eigenvalue weighted by Gasteiger charge is -2.27. The summed E-state index contributed by atoms with van der Waals surface area (Å²) in [5.74, 6) is -0.559. The zero-order chi connectivity index (χ0) is 27.8. The first-order chi connectivity index (χ1) is 18.7. The molecule has 0 spiro atoms. The van der Waals surface area contributed by atoms with Gasteiger partial charge in [-0.15, -0.1) is 0 Å². The topological polar surface area (TPSA) is 105 Å². The normalized spacial score (nSPS) is 11.9. The third kappa shape index (κ3) is 7.88. The fourth-order valence-electron chi connectivity index (χ4n) is 3.98. The minimum Gasteiger partial charge on any atom is -0.480 e. The van der Waals surface area contributed by atoms with Gasteiger partial charge in [0, 0.05) is 23.7 Å². The molecule has 1 heterocycles. The van der Waals surface area contributed by atoms with Crippen molar-refractivity contribution in [3.05, 3.63) is 108 Å². The first-order valence-electron chi connectivity index (χ1n) is 12.7. The molecule has 39 heavy (non-hydrogen) atoms. The van der Waals surface area contributed by atoms with Gasteiger partial charge < -0.3 is 15.2 Å². The average Bonchev–Trinajstić information content (AvgIpc) is 2.92. The van der Waals surface area contributed by atoms with Crippen molar-refractivity contribution < 1.29 is 19.4 Å². The van der Waals surface area contributed by atoms with Crippen LogP contribution >= 0.6 is 0 Å². The highest BCUT2D eigenvalue weighted by molar-refractivity contribution is 5.88. The van der Waals surface area contributed by atoms with E-state index in [1.165, 1.54) is 6.33 Å². The third-order valence-corrected chi connectivity index (χ3v) is 5.84. The van der Waals surface area contributed by atoms with Crippen molar-refractivity contribution in [2.75, 3.05) is 10.2 Å². The van der Waals surface area contributed by atoms with Crippen LogP contribution in [-0.2, 0) is 22.5 Å². The Labute approximate surface area is 228 Å². The Morgan fingerprint density at radius 3 is 2.10 bits per heavy atom. The number of anilines is 2. The predicted octanol–water partition coefficient (Wildman–Crippen LogP) is 6.19. The molecular formula is C31H32N4O4. The molecule has 8 heteroatoms. The molecule has 0 fully saturated rings. The minimum atomic E-state index is -0.969. The van der Waals surface area contributed by atoms with E-state index < -0.39 is 23.7 Å². The molecule has 0 radical (unpaired) electrons. The van der Waals surface area contributed by atoms with Gasteiger partial charge in [0.25, 0.3) is 0 Å². The lowest BCUT2D eigenvalue weighted by Crippen LogP contribution is -2.36. The smallest absolute Gasteiger partial charge is 0.415 e. The van der Waals surface area contributed by atoms with Gasteiger partial charge in [0.1, 0.15) is 23.8 Å². The zero-order valence-corrected chi connectivity index (χ0v) is 22.2. The zero-order valence-electron chi connectivity index (χ0n) is 22.2. The highest BCUT2D eigenvalue weighted by Gasteiger charge is 2.24. The van der Waals surface area contributed by atoms with Gasteiger partial charge in [0.15, 0.2) is 0 Å². The monoisotopic (exact) mass is 524 g/mol. The van der Waals surface area contributed by atoms with Crippen molar-refractivity contribution in [1.82, 2.24) is 9.97 Å². The number of aromatic nitrogens is 2. The van der Waals surface area contributed by atoms with E-state index in [0.29, 0.717) is 30.2 Å². The number of carbonyl (C=O) groups excluding carboxylic acids is 1. The van der Waals surface area contributed by atoms with E-state index in [2.05, 4.69) is 15.3 Å². The maximum Gasteiger partial charge on any atom is 0.415 e. The van der Waals surface area contributed by atoms with Crippen molar-refractivity contribution in [1.29, 1.82) is 0 Å². The van der Waals surface area contributed by atoms with Crippen LogP contribution in [0.3, 0.4) is 0 Å². The van der Waals surface area contributed by atoms with Crippen molar-refractivity contribution in [3.8, 4) is 11.3 Å². The molecule has 1 atom stereocenters. The number of ether oxygens (including phenoxy) is 1. The number of carbonyl (C=O) groups is 2. The summed E-state index contributed by atoms with van der Waals surface area (Å²) in [5, 5.41) is 12.7. The lowest BCUT2D eigenvalue weighted by molar-refractivity contribution is -0.137. The molecular weight excluding hydrogens is 492 g/mol. The van der Waals surface area contributed by atoms with Gasteiger partial charge in [-0.2, -0.15) is 0 Å². The van der Waals surface area contributed by atoms with Crippen molar-refractivity contribution >= 4 is 23.6 Å². The number of benzene rings is 3. The summed E-state index contributed by atoms with van der Waals surface area (Å²) in [5.41, 5.74) is 3.34. The van der Waals surface area contributed by atoms with E-state index in [-0.39, 0.29) is 0 Å². The summed E-state index contributed by atoms with van der Waals surface area (Å²) < 4.78 is 5.67. The maximum absolute atomic E-state index is 13.1. The molecule has 0 saturated carbocycles. The highest BCUT2D eigenvalue weighted by Crippen LogP contribution is 2.26. The summed E-state index contributed by atoms with van der Waals surface area (Å²) in [6.07, 6.45) is 1.27. The van der Waals surface area contributed by atoms with E-state index in [1.54, 1.807) is 11.0 Å². The summed E-state index contributed by atoms with van der Waals surface area (Å²) in [6, 6.07) is 27.4. The molecule has 0 bridgehead atoms. The van der Waals surface area contributed by atoms with E-state index in [4.69, 9.17) is 4.74 Å². The number of hydrogen-bond donors (Lipinski definition) is 2. The fraction of sp³-hybridized carbons (Fsp3) is 0.226. The molecule has 1 aromatic heterocycles. The lowest BCUT2D eigenvalue weighted by atomic mass is 10.1. The minimum absolute atomic E-state index is 0.312. The highest BCUT2D eigenvalue weighted by atomic mass is 16.6. The Hall–Kier alpha value is -4.72. The van der Waals surface area contributed by atoms with Gasteiger partial charge in [0.2, 0.25) is 0 Å². The van der Waals surface area contributed by atoms with E-state index >= 15 is 0 Å². The second-order valence-electron chi connectivity index (χ2n) is 10.1. The van der Waals surface area contributed by atoms with Crippen molar-refractivity contribution in [2.45, 2.75) is 45.4 Å². The molecule has 0 aliphatic heterocycles. The number of hydrogen-bond acceptors (Lipinski definition) is 6. The molecule has 8 nitrogen and oxygen atoms in total. The molecule has 1 unspecified atom stereocenters. The van der Waals surface area contributed by atoms with Crippen LogP contribution in [0.1, 0.15) is 31.9 Å². The number of aliphatic carboxylic acids is 1. The molecule has 1 amide bonds. The Balaban J connectivity index is 1.54. The second kappa shape index (κ2) is 12.2. The van der Waals surface area contributed by atoms with Crippen LogP contribution < -0.4 is 10.2 Å². The Morgan fingerprint density at radius 1 is 0.897 bits per heavy atom. The van der Waals surface area contributed by atoms with Gasteiger partial charge in [0.05, 0.1) is 12.2 Å². The van der Waals surface area contributed by atoms with Crippen LogP contribution in [0.15, 0.2) is 97.3 Å². The number of amides is 1. The average molecular weight is 525 g/mol. The summed E-state index contributed by atoms with van der Waals surface area (Å²) in [7, 11) is 0. The van der Waals surface area contributed by atoms with Crippen LogP contribution in [0.5, 0.6) is 0 Å². The molecule has 0 aliphatic carbocycles. The van der Waals surface area contributed by atoms with Crippen LogP contribution in [0.2, 0.25) is 0 Å². The summed E-state index contributed by atoms with van der Waals surface area (Å²) >= 11 is 0. The quantitative estimate of drug-likeness (QED) is 0.269. The van der Waals surface area contributed by atoms with E-state index in [0.717, 1.165) is 16.7 Å². The van der Waals surface area contributed by atoms with Gasteiger partial charge in [-0.3, -0.25) is 4.90 Å². The van der Waals surface area contributed by atoms with Crippen LogP contribution in [0, 0.1) is 0 Å². The van der Waals surface area contributed by atoms with Crippen molar-refractivity contribution in [2.24, 2.45) is 0 Å². The van der Waals surface area contributed by atoms with Crippen LogP contribution in [-0.4, -0.2) is 38.8 Å². The standard InChI is InChI=1S/C31H32N4O4/c1-31(2,3)39-30(38)35(20-23-12-8-5-9-13-23)25-16-14-24(15-17-25)26-19-28(33-21-32-26)34-27(29(36)37)18-22-10-6-4-7-11-22/h4-17,19,21,27H,18,20H2,1-3H3,(H,36,37)(H,32,33,34). The molecule has 200 valence electrons. The Kier molecular flexibility index (Phi) is 8.56. The van der Waals surface area contributed by atoms with Crippen LogP contribution in [0.25, 0.3) is 11.3 Å². The Bertz CT molecular complexity index is 1390. The van der Waals surface area contributed by atoms with Gasteiger partial charge in [-0.1, -0.05) is 72.8 Å². The van der Waals surface area contributed by atoms with E-state index in [9.17, 15) is 14.7 Å².